The Hall–Kier alpha value is -6.79. The van der Waals surface area contributed by atoms with E-state index < -0.39 is 40.7 Å². The van der Waals surface area contributed by atoms with Crippen LogP contribution >= 0.6 is 0 Å². The number of aliphatic hydroxyl groups excluding tert-OH is 5. The van der Waals surface area contributed by atoms with Gasteiger partial charge in [-0.25, -0.2) is 15.9 Å². The number of hydrogen-bond donors (Lipinski definition) is 8. The molecule has 29 nitrogen and oxygen atoms in total. The molecule has 4 aromatic carbocycles. The van der Waals surface area contributed by atoms with Crippen LogP contribution in [-0.4, -0.2) is 212 Å². The maximum Gasteiger partial charge on any atom is 1.00 e. The number of amides is 6. The van der Waals surface area contributed by atoms with Gasteiger partial charge in [-0.2, -0.15) is 13.2 Å². The molecule has 0 radical (unpaired) electrons. The topological polar surface area (TPSA) is 488 Å². The molecule has 11 N–H and O–H groups in total. The van der Waals surface area contributed by atoms with Crippen LogP contribution in [-0.2, 0) is 42.9 Å². The molecule has 0 aromatic heterocycles. The zero-order valence-electron chi connectivity index (χ0n) is 74.4. The summed E-state index contributed by atoms with van der Waals surface area (Å²) in [6.07, 6.45) is 32.1. The number of hydrogen-bond acceptors (Lipinski definition) is 23. The third kappa shape index (κ3) is 62.9. The van der Waals surface area contributed by atoms with Crippen molar-refractivity contribution in [1.82, 2.24) is 9.80 Å². The molecule has 6 amide bonds. The van der Waals surface area contributed by atoms with E-state index in [0.29, 0.717) is 72.5 Å². The summed E-state index contributed by atoms with van der Waals surface area (Å²) in [7, 11) is -3.36. The standard InChI is InChI=1S/C19H25NO4.C16H21NO3.C15H24O4S.C11H23NO2.C8H5NO2.C8H18O2.C6H10N2O2.C2H6O.CH3F.CH4.K.H2N2.H2O.H2/c1-15(21)14-24-13-9-5-3-2-4-8-12-20-18(22)16-10-6-7-11-17(16)19(20)23;18-12-8-4-2-1-3-7-11-17-15(19)13-9-5-6-10-14(13)16(17)20;1-14-8-10-15(11-9-14)20(17,18)19-13-7-5-3-2-4-6-12-16;1-11(13)10-14-9-7-5-3-2-4-6-8-12;10-7-5-3-1-2-4-6(5)8(11)9-7;9-7-5-3-1-2-4-6-8-10;1-6(2,3)10-5(9)4-8-7;1-2-3;1-2;;;1-2;;/h6-7,10-11H,2-5,8-9,12-14H2,1H3;5-6,9-10,18H,1-4,7-8,11-12H2;8-11,16H,2-7,12-13H2,1H3;2-10,12H2,1H3;1-4H,(H,9,10,11);9-10H,1-8H2;4H,1-3H3;3H,2H2,1H3;1H3;1H4;;1-2H;1H2;1H/q;;;;;;;;;;+1;;;/p-1/i;;;;;;;;2*1D;;;;. The smallest absolute Gasteiger partial charge is 0.587 e. The van der Waals surface area contributed by atoms with Gasteiger partial charge in [-0.3, -0.25) is 47.1 Å². The third-order valence-corrected chi connectivity index (χ3v) is 18.0. The van der Waals surface area contributed by atoms with Gasteiger partial charge in [-0.15, -0.1) is 0 Å². The number of halogens is 1. The molecule has 0 aliphatic carbocycles. The zero-order valence-corrected chi connectivity index (χ0v) is 76.3. The Bertz CT molecular complexity index is 3420. The van der Waals surface area contributed by atoms with Crippen molar-refractivity contribution in [2.45, 2.75) is 259 Å². The van der Waals surface area contributed by atoms with Crippen LogP contribution in [0.15, 0.2) is 102 Å². The number of carbonyl (C=O) groups excluding carboxylic acids is 9. The normalized spacial score (nSPS) is 11.7. The number of ketones is 2. The fourth-order valence-corrected chi connectivity index (χ4v) is 11.8. The molecule has 672 valence electrons. The summed E-state index contributed by atoms with van der Waals surface area (Å²) in [5.41, 5.74) is 26.7. The molecule has 119 heavy (non-hydrogen) atoms. The number of carbonyl (C=O) groups is 9. The number of fused-ring (bicyclic) bond motifs is 3. The molecule has 7 rings (SSSR count). The second-order valence-electron chi connectivity index (χ2n) is 27.9. The quantitative estimate of drug-likeness (QED) is 0.00298. The van der Waals surface area contributed by atoms with Crippen LogP contribution in [0.1, 0.15) is 313 Å². The molecule has 32 heteroatoms. The van der Waals surface area contributed by atoms with Gasteiger partial charge >= 0.3 is 63.6 Å². The van der Waals surface area contributed by atoms with E-state index in [0.717, 1.165) is 173 Å². The van der Waals surface area contributed by atoms with Crippen molar-refractivity contribution in [3.63, 3.8) is 0 Å². The number of nitrogens with two attached hydrogens (primary N) is 1. The number of rotatable bonds is 47. The van der Waals surface area contributed by atoms with Crippen LogP contribution in [0.4, 0.5) is 4.39 Å². The SMILES string of the molecule is CC(=O)COCCCCCCCCN.CC(=O)COCCCCCCCCN1C(=O)c2ccccc2C1=O.CC(C)(C)OC(=O)C=[N+]=[N-].CCO.Cc1ccc(S(=O)(=O)OCCCCCCCCO)cc1.N=N.O.O=C1[N-]C(=O)c2ccccc21.O=C1c2ccccc2C(=O)N1CCCCCCCCO.OCCCCCCCCO.[2H]C.[2H]CF.[HH].[K+]. The van der Waals surface area contributed by atoms with Crippen LogP contribution in [0, 0.1) is 18.0 Å². The molecular formula is C87H144FKN8O21S. The maximum atomic E-state index is 12.2. The summed E-state index contributed by atoms with van der Waals surface area (Å²) < 4.78 is 65.1. The van der Waals surface area contributed by atoms with E-state index in [4.69, 9.17) is 69.0 Å². The van der Waals surface area contributed by atoms with E-state index in [1.807, 2.05) is 6.92 Å². The van der Waals surface area contributed by atoms with Crippen LogP contribution < -0.4 is 57.1 Å². The number of unbranched alkanes of at least 4 members (excludes halogenated alkanes) is 25. The van der Waals surface area contributed by atoms with Gasteiger partial charge in [0.1, 0.15) is 18.8 Å². The van der Waals surface area contributed by atoms with Gasteiger partial charge in [-0.05, 0) is 156 Å². The first-order valence-electron chi connectivity index (χ1n) is 42.0. The number of benzene rings is 4. The molecule has 3 aliphatic heterocycles. The van der Waals surface area contributed by atoms with Crippen molar-refractivity contribution in [2.24, 2.45) is 5.73 Å². The van der Waals surface area contributed by atoms with E-state index in [9.17, 15) is 56.0 Å². The Labute approximate surface area is 754 Å². The summed E-state index contributed by atoms with van der Waals surface area (Å²) in [4.78, 5) is 108. The molecule has 3 heterocycles. The number of alkyl halides is 1. The van der Waals surface area contributed by atoms with Crippen LogP contribution in [0.2, 0.25) is 0 Å². The number of ether oxygens (including phenoxy) is 3. The number of nitrogens with zero attached hydrogens (tertiary/aromatic N) is 5. The van der Waals surface area contributed by atoms with Gasteiger partial charge in [0.25, 0.3) is 33.7 Å². The molecule has 4 aromatic rings. The van der Waals surface area contributed by atoms with E-state index in [-0.39, 0.29) is 138 Å². The van der Waals surface area contributed by atoms with E-state index in [1.165, 1.54) is 62.7 Å². The fourth-order valence-electron chi connectivity index (χ4n) is 10.9. The number of nitrogens with one attached hydrogen (secondary N) is 2. The maximum absolute atomic E-state index is 12.2. The van der Waals surface area contributed by atoms with Crippen molar-refractivity contribution in [3.8, 4) is 0 Å². The van der Waals surface area contributed by atoms with Crippen LogP contribution in [0.25, 0.3) is 10.8 Å². The van der Waals surface area contributed by atoms with Crippen molar-refractivity contribution in [1.29, 1.82) is 11.1 Å². The largest absolute Gasteiger partial charge is 1.00 e. The summed E-state index contributed by atoms with van der Waals surface area (Å²) in [6, 6.07) is 27.3. The molecule has 0 bridgehead atoms. The Morgan fingerprint density at radius 2 is 0.798 bits per heavy atom. The van der Waals surface area contributed by atoms with Gasteiger partial charge in [0.2, 0.25) is 0 Å². The van der Waals surface area contributed by atoms with Gasteiger partial charge in [0.15, 0.2) is 11.6 Å². The van der Waals surface area contributed by atoms with Gasteiger partial charge in [-0.1, -0.05) is 202 Å². The second kappa shape index (κ2) is 82.2. The average Bonchev–Trinajstić information content (AvgIpc) is 1.62. The first-order chi connectivity index (χ1) is 57.2. The van der Waals surface area contributed by atoms with Crippen molar-refractivity contribution < 1.29 is 166 Å². The fraction of sp³-hybridized carbons (Fsp3) is 0.609. The first kappa shape index (κ1) is 119. The summed E-state index contributed by atoms with van der Waals surface area (Å²) in [6.45, 7) is 17.1. The number of aryl methyl sites for hydroxylation is 1. The second-order valence-corrected chi connectivity index (χ2v) is 29.5. The predicted molar refractivity (Wildman–Crippen MR) is 459 cm³/mol. The Kier molecular flexibility index (Phi) is 81.8. The van der Waals surface area contributed by atoms with Gasteiger partial charge < -0.3 is 71.4 Å². The summed E-state index contributed by atoms with van der Waals surface area (Å²) in [5.74, 6) is -1.99. The number of esters is 1. The van der Waals surface area contributed by atoms with E-state index in [1.54, 1.807) is 132 Å². The van der Waals surface area contributed by atoms with Crippen LogP contribution in [0.3, 0.4) is 0 Å². The summed E-state index contributed by atoms with van der Waals surface area (Å²) in [5, 5.41) is 45.0. The van der Waals surface area contributed by atoms with Gasteiger partial charge in [0.05, 0.1) is 54.1 Å². The molecule has 0 unspecified atom stereocenters. The third-order valence-electron chi connectivity index (χ3n) is 16.6. The van der Waals surface area contributed by atoms with Crippen molar-refractivity contribution in [2.75, 3.05) is 92.9 Å². The molecule has 0 saturated heterocycles. The zero-order chi connectivity index (χ0) is 90.3. The predicted octanol–water partition coefficient (Wildman–Crippen LogP) is 12.3. The Balaban J connectivity index is -0.000000252. The minimum absolute atomic E-state index is 0. The molecular weight excluding hydrogens is 1580 g/mol. The minimum atomic E-state index is -3.61. The Morgan fingerprint density at radius 1 is 0.529 bits per heavy atom. The monoisotopic (exact) mass is 1730 g/mol. The average molecular weight is 1730 g/mol. The molecule has 0 spiro atoms. The molecule has 3 aliphatic rings. The number of imide groups is 3. The molecule has 0 atom stereocenters. The van der Waals surface area contributed by atoms with E-state index >= 15 is 0 Å². The number of aliphatic hydroxyl groups is 5. The van der Waals surface area contributed by atoms with Crippen molar-refractivity contribution >= 4 is 69.3 Å². The Morgan fingerprint density at radius 3 is 1.08 bits per heavy atom. The van der Waals surface area contributed by atoms with Crippen LogP contribution in [0.5, 0.6) is 0 Å². The molecule has 0 saturated carbocycles. The molecule has 0 fully saturated rings. The minimum Gasteiger partial charge on any atom is -0.587 e. The number of Topliss-reactive ketones (excluding diaryl/α,β-unsaturated/α-hetero) is 2. The summed E-state index contributed by atoms with van der Waals surface area (Å²) >= 11 is 0. The van der Waals surface area contributed by atoms with Gasteiger partial charge in [0, 0.05) is 73.3 Å². The van der Waals surface area contributed by atoms with Crippen molar-refractivity contribution in [3.05, 3.63) is 147 Å². The first-order valence-corrected chi connectivity index (χ1v) is 41.7. The van der Waals surface area contributed by atoms with E-state index in [2.05, 4.69) is 10.1 Å².